The first-order valence-corrected chi connectivity index (χ1v) is 7.35. The van der Waals surface area contributed by atoms with Crippen LogP contribution in [0.3, 0.4) is 0 Å². The van der Waals surface area contributed by atoms with Crippen LogP contribution >= 0.6 is 0 Å². The summed E-state index contributed by atoms with van der Waals surface area (Å²) >= 11 is 0. The molecule has 0 aromatic heterocycles. The Bertz CT molecular complexity index is 388. The molecule has 98 valence electrons. The van der Waals surface area contributed by atoms with Crippen molar-refractivity contribution in [2.45, 2.75) is 37.0 Å². The van der Waals surface area contributed by atoms with E-state index < -0.39 is 22.1 Å². The van der Waals surface area contributed by atoms with Crippen LogP contribution in [0, 0.1) is 0 Å². The predicted molar refractivity (Wildman–Crippen MR) is 60.1 cm³/mol. The van der Waals surface area contributed by atoms with Gasteiger partial charge in [-0.1, -0.05) is 12.8 Å². The van der Waals surface area contributed by atoms with E-state index >= 15 is 0 Å². The summed E-state index contributed by atoms with van der Waals surface area (Å²) in [6, 6.07) is 0. The van der Waals surface area contributed by atoms with Gasteiger partial charge in [0.25, 0.3) is 0 Å². The van der Waals surface area contributed by atoms with Crippen molar-refractivity contribution >= 4 is 16.0 Å². The minimum absolute atomic E-state index is 0.0613. The van der Waals surface area contributed by atoms with Crippen molar-refractivity contribution in [3.8, 4) is 0 Å². The molecule has 2 rings (SSSR count). The lowest BCUT2D eigenvalue weighted by molar-refractivity contribution is -0.153. The smallest absolute Gasteiger partial charge is 0.334 e. The van der Waals surface area contributed by atoms with Gasteiger partial charge in [-0.05, 0) is 12.8 Å². The summed E-state index contributed by atoms with van der Waals surface area (Å²) < 4.78 is 30.8. The van der Waals surface area contributed by atoms with Gasteiger partial charge in [-0.2, -0.15) is 4.31 Å². The average Bonchev–Trinajstić information content (AvgIpc) is 2.83. The monoisotopic (exact) mass is 263 g/mol. The van der Waals surface area contributed by atoms with Crippen molar-refractivity contribution in [2.75, 3.05) is 19.7 Å². The highest BCUT2D eigenvalue weighted by atomic mass is 32.2. The molecule has 1 saturated heterocycles. The first-order valence-electron chi connectivity index (χ1n) is 5.85. The van der Waals surface area contributed by atoms with Crippen LogP contribution in [-0.2, 0) is 19.6 Å². The van der Waals surface area contributed by atoms with E-state index in [0.29, 0.717) is 12.8 Å². The fraction of sp³-hybridized carbons (Fsp3) is 0.900. The Labute approximate surface area is 101 Å². The van der Waals surface area contributed by atoms with Crippen LogP contribution in [0.5, 0.6) is 0 Å². The van der Waals surface area contributed by atoms with Gasteiger partial charge in [0.2, 0.25) is 10.0 Å². The minimum Gasteiger partial charge on any atom is -0.479 e. The number of aliphatic carboxylic acids is 1. The third-order valence-electron chi connectivity index (χ3n) is 3.39. The Kier molecular flexibility index (Phi) is 3.70. The molecule has 7 heteroatoms. The second-order valence-corrected chi connectivity index (χ2v) is 6.72. The number of ether oxygens (including phenoxy) is 1. The van der Waals surface area contributed by atoms with Gasteiger partial charge in [0.15, 0.2) is 6.10 Å². The standard InChI is InChI=1S/C10H17NO5S/c12-10(13)9-7-11(5-6-16-9)17(14,15)8-3-1-2-4-8/h8-9H,1-7H2,(H,12,13). The molecule has 1 N–H and O–H groups in total. The highest BCUT2D eigenvalue weighted by Gasteiger charge is 2.38. The summed E-state index contributed by atoms with van der Waals surface area (Å²) in [4.78, 5) is 10.8. The van der Waals surface area contributed by atoms with E-state index in [2.05, 4.69) is 0 Å². The maximum atomic E-state index is 12.2. The third kappa shape index (κ3) is 2.61. The first-order chi connectivity index (χ1) is 8.01. The van der Waals surface area contributed by atoms with Crippen molar-refractivity contribution in [1.29, 1.82) is 0 Å². The number of nitrogens with zero attached hydrogens (tertiary/aromatic N) is 1. The van der Waals surface area contributed by atoms with Crippen LogP contribution in [0.1, 0.15) is 25.7 Å². The molecule has 2 aliphatic rings. The third-order valence-corrected chi connectivity index (χ3v) is 5.75. The van der Waals surface area contributed by atoms with Crippen molar-refractivity contribution in [1.82, 2.24) is 4.31 Å². The summed E-state index contributed by atoms with van der Waals surface area (Å²) in [5.41, 5.74) is 0. The highest BCUT2D eigenvalue weighted by Crippen LogP contribution is 2.28. The molecule has 1 unspecified atom stereocenters. The van der Waals surface area contributed by atoms with Crippen LogP contribution in [0.4, 0.5) is 0 Å². The van der Waals surface area contributed by atoms with Crippen molar-refractivity contribution in [3.63, 3.8) is 0 Å². The van der Waals surface area contributed by atoms with Gasteiger partial charge in [-0.25, -0.2) is 13.2 Å². The Morgan fingerprint density at radius 3 is 2.53 bits per heavy atom. The highest BCUT2D eigenvalue weighted by molar-refractivity contribution is 7.89. The SMILES string of the molecule is O=C(O)C1CN(S(=O)(=O)C2CCCC2)CCO1. The molecule has 1 heterocycles. The van der Waals surface area contributed by atoms with Gasteiger partial charge in [-0.3, -0.25) is 0 Å². The summed E-state index contributed by atoms with van der Waals surface area (Å²) in [6.07, 6.45) is 2.24. The summed E-state index contributed by atoms with van der Waals surface area (Å²) in [5, 5.41) is 8.52. The molecule has 1 aliphatic carbocycles. The van der Waals surface area contributed by atoms with E-state index in [1.54, 1.807) is 0 Å². The van der Waals surface area contributed by atoms with Crippen LogP contribution in [0.15, 0.2) is 0 Å². The number of carboxylic acid groups (broad SMARTS) is 1. The van der Waals surface area contributed by atoms with Crippen molar-refractivity contribution in [2.24, 2.45) is 0 Å². The van der Waals surface area contributed by atoms with Gasteiger partial charge < -0.3 is 9.84 Å². The molecule has 0 radical (unpaired) electrons. The average molecular weight is 263 g/mol. The number of hydrogen-bond donors (Lipinski definition) is 1. The predicted octanol–water partition coefficient (Wildman–Crippen LogP) is 0.0442. The molecule has 1 aliphatic heterocycles. The zero-order chi connectivity index (χ0) is 12.5. The molecule has 0 aromatic carbocycles. The van der Waals surface area contributed by atoms with Gasteiger partial charge in [0.1, 0.15) is 0 Å². The maximum absolute atomic E-state index is 12.2. The normalized spacial score (nSPS) is 28.4. The summed E-state index contributed by atoms with van der Waals surface area (Å²) in [7, 11) is -3.34. The second kappa shape index (κ2) is 4.91. The van der Waals surface area contributed by atoms with E-state index in [1.807, 2.05) is 0 Å². The van der Waals surface area contributed by atoms with Gasteiger partial charge in [-0.15, -0.1) is 0 Å². The van der Waals surface area contributed by atoms with Crippen LogP contribution in [-0.4, -0.2) is 54.8 Å². The molecule has 6 nitrogen and oxygen atoms in total. The number of carboxylic acids is 1. The Balaban J connectivity index is 2.08. The lowest BCUT2D eigenvalue weighted by Gasteiger charge is -2.31. The molecule has 0 amide bonds. The lowest BCUT2D eigenvalue weighted by Crippen LogP contribution is -2.50. The molecule has 0 spiro atoms. The fourth-order valence-corrected chi connectivity index (χ4v) is 4.43. The van der Waals surface area contributed by atoms with Gasteiger partial charge >= 0.3 is 5.97 Å². The second-order valence-electron chi connectivity index (χ2n) is 4.51. The zero-order valence-corrected chi connectivity index (χ0v) is 10.4. The van der Waals surface area contributed by atoms with E-state index in [4.69, 9.17) is 9.84 Å². The molecule has 0 bridgehead atoms. The number of hydrogen-bond acceptors (Lipinski definition) is 4. The molecule has 2 fully saturated rings. The fourth-order valence-electron chi connectivity index (χ4n) is 2.40. The molecule has 0 aromatic rings. The van der Waals surface area contributed by atoms with Crippen LogP contribution in [0.2, 0.25) is 0 Å². The van der Waals surface area contributed by atoms with E-state index in [1.165, 1.54) is 4.31 Å². The maximum Gasteiger partial charge on any atom is 0.334 e. The van der Waals surface area contributed by atoms with Crippen molar-refractivity contribution < 1.29 is 23.1 Å². The first kappa shape index (κ1) is 12.8. The largest absolute Gasteiger partial charge is 0.479 e. The number of morpholine rings is 1. The summed E-state index contributed by atoms with van der Waals surface area (Å²) in [5.74, 6) is -1.10. The van der Waals surface area contributed by atoms with Gasteiger partial charge in [0.05, 0.1) is 18.4 Å². The Morgan fingerprint density at radius 2 is 1.94 bits per heavy atom. The zero-order valence-electron chi connectivity index (χ0n) is 9.54. The number of sulfonamides is 1. The van der Waals surface area contributed by atoms with Crippen LogP contribution in [0.25, 0.3) is 0 Å². The molecule has 17 heavy (non-hydrogen) atoms. The molecule has 1 saturated carbocycles. The number of rotatable bonds is 3. The topological polar surface area (TPSA) is 83.9 Å². The minimum atomic E-state index is -3.34. The lowest BCUT2D eigenvalue weighted by atomic mass is 10.3. The van der Waals surface area contributed by atoms with E-state index in [9.17, 15) is 13.2 Å². The molecule has 1 atom stereocenters. The molecular formula is C10H17NO5S. The molecular weight excluding hydrogens is 246 g/mol. The Hall–Kier alpha value is -0.660. The van der Waals surface area contributed by atoms with E-state index in [0.717, 1.165) is 12.8 Å². The summed E-state index contributed by atoms with van der Waals surface area (Å²) in [6.45, 7) is 0.361. The number of carbonyl (C=O) groups is 1. The Morgan fingerprint density at radius 1 is 1.29 bits per heavy atom. The quantitative estimate of drug-likeness (QED) is 0.777. The van der Waals surface area contributed by atoms with E-state index in [-0.39, 0.29) is 24.9 Å². The van der Waals surface area contributed by atoms with Crippen molar-refractivity contribution in [3.05, 3.63) is 0 Å². The van der Waals surface area contributed by atoms with Gasteiger partial charge in [0, 0.05) is 6.54 Å². The van der Waals surface area contributed by atoms with Crippen LogP contribution < -0.4 is 0 Å².